The lowest BCUT2D eigenvalue weighted by atomic mass is 9.82. The number of amides is 1. The van der Waals surface area contributed by atoms with E-state index >= 15 is 0 Å². The van der Waals surface area contributed by atoms with E-state index in [0.29, 0.717) is 18.4 Å². The van der Waals surface area contributed by atoms with Crippen molar-refractivity contribution >= 4 is 29.3 Å². The van der Waals surface area contributed by atoms with E-state index in [9.17, 15) is 9.59 Å². The number of benzene rings is 1. The molecule has 1 aromatic carbocycles. The van der Waals surface area contributed by atoms with Gasteiger partial charge in [-0.15, -0.1) is 11.3 Å². The minimum Gasteiger partial charge on any atom is -0.458 e. The smallest absolute Gasteiger partial charge is 0.332 e. The van der Waals surface area contributed by atoms with Gasteiger partial charge in [0.2, 0.25) is 0 Å². The average Bonchev–Trinajstić information content (AvgIpc) is 3.53. The molecule has 0 radical (unpaired) electrons. The van der Waals surface area contributed by atoms with Crippen molar-refractivity contribution in [2.75, 3.05) is 0 Å². The van der Waals surface area contributed by atoms with Crippen molar-refractivity contribution in [2.45, 2.75) is 96.7 Å². The summed E-state index contributed by atoms with van der Waals surface area (Å²) in [5.41, 5.74) is 1.10. The highest BCUT2D eigenvalue weighted by molar-refractivity contribution is 7.09. The van der Waals surface area contributed by atoms with Crippen LogP contribution in [0.1, 0.15) is 112 Å². The van der Waals surface area contributed by atoms with Crippen LogP contribution in [0, 0.1) is 5.92 Å². The summed E-state index contributed by atoms with van der Waals surface area (Å²) in [4.78, 5) is 44.6. The summed E-state index contributed by atoms with van der Waals surface area (Å²) in [5, 5.41) is 2.65. The second-order valence-electron chi connectivity index (χ2n) is 13.3. The second kappa shape index (κ2) is 11.5. The number of esters is 1. The Bertz CT molecular complexity index is 1390. The van der Waals surface area contributed by atoms with Crippen LogP contribution in [-0.4, -0.2) is 42.9 Å². The molecule has 1 aliphatic heterocycles. The molecule has 1 amide bonds. The van der Waals surface area contributed by atoms with E-state index in [0.717, 1.165) is 21.8 Å². The molecule has 0 unspecified atom stereocenters. The lowest BCUT2D eigenvalue weighted by Gasteiger charge is -2.41. The van der Waals surface area contributed by atoms with Crippen LogP contribution < -0.4 is 0 Å². The Kier molecular flexibility index (Phi) is 8.55. The van der Waals surface area contributed by atoms with Crippen LogP contribution in [-0.2, 0) is 14.9 Å². The standard InChI is InChI=1S/C33H42N4O3S/c1-10-22-17-23(11-12-25(22)31(4,5)6)29(38)37-27(28-36-15-16-41-28)24(26-20-34-13-14-35-26)19-33(37,18-21(2)3)30(39)40-32(7,8)9/h10-17,20-21,24,27H,1,18-19H2,2-9H3/t24-,27-,33+/m1/s1. The summed E-state index contributed by atoms with van der Waals surface area (Å²) in [5.74, 6) is -0.859. The molecule has 1 saturated heterocycles. The third kappa shape index (κ3) is 6.27. The summed E-state index contributed by atoms with van der Waals surface area (Å²) < 4.78 is 6.10. The zero-order valence-corrected chi connectivity index (χ0v) is 26.3. The molecular weight excluding hydrogens is 532 g/mol. The molecule has 0 saturated carbocycles. The van der Waals surface area contributed by atoms with Crippen LogP contribution in [0.25, 0.3) is 6.08 Å². The number of aromatic nitrogens is 3. The highest BCUT2D eigenvalue weighted by Gasteiger charge is 2.61. The van der Waals surface area contributed by atoms with E-state index in [-0.39, 0.29) is 23.2 Å². The SMILES string of the molecule is C=Cc1cc(C(=O)N2[C@@H](c3nccs3)[C@@H](c3cnccn3)C[C@@]2(CC(C)C)C(=O)OC(C)(C)C)ccc1C(C)(C)C. The molecule has 41 heavy (non-hydrogen) atoms. The predicted molar refractivity (Wildman–Crippen MR) is 164 cm³/mol. The Morgan fingerprint density at radius 3 is 2.41 bits per heavy atom. The maximum absolute atomic E-state index is 14.9. The second-order valence-corrected chi connectivity index (χ2v) is 14.2. The maximum atomic E-state index is 14.9. The molecule has 1 fully saturated rings. The predicted octanol–water partition coefficient (Wildman–Crippen LogP) is 7.37. The summed E-state index contributed by atoms with van der Waals surface area (Å²) in [6, 6.07) is 5.22. The zero-order chi connectivity index (χ0) is 30.2. The largest absolute Gasteiger partial charge is 0.458 e. The fourth-order valence-electron chi connectivity index (χ4n) is 5.95. The van der Waals surface area contributed by atoms with Crippen LogP contribution in [0.4, 0.5) is 0 Å². The number of nitrogens with zero attached hydrogens (tertiary/aromatic N) is 4. The van der Waals surface area contributed by atoms with Gasteiger partial charge in [0.1, 0.15) is 16.1 Å². The van der Waals surface area contributed by atoms with E-state index in [1.165, 1.54) is 11.3 Å². The van der Waals surface area contributed by atoms with Gasteiger partial charge < -0.3 is 9.64 Å². The summed E-state index contributed by atoms with van der Waals surface area (Å²) >= 11 is 1.47. The van der Waals surface area contributed by atoms with Crippen molar-refractivity contribution in [1.82, 2.24) is 19.9 Å². The molecule has 8 heteroatoms. The van der Waals surface area contributed by atoms with Gasteiger partial charge in [0, 0.05) is 41.6 Å². The van der Waals surface area contributed by atoms with Gasteiger partial charge in [-0.25, -0.2) is 9.78 Å². The lowest BCUT2D eigenvalue weighted by molar-refractivity contribution is -0.168. The first-order valence-electron chi connectivity index (χ1n) is 14.2. The van der Waals surface area contributed by atoms with Crippen molar-refractivity contribution in [2.24, 2.45) is 5.92 Å². The number of rotatable bonds is 7. The van der Waals surface area contributed by atoms with Crippen LogP contribution in [0.15, 0.2) is 54.9 Å². The van der Waals surface area contributed by atoms with Crippen molar-refractivity contribution in [3.05, 3.63) is 82.3 Å². The van der Waals surface area contributed by atoms with Gasteiger partial charge in [0.25, 0.3) is 5.91 Å². The van der Waals surface area contributed by atoms with Gasteiger partial charge in [0.05, 0.1) is 11.7 Å². The molecule has 2 aromatic heterocycles. The van der Waals surface area contributed by atoms with E-state index in [2.05, 4.69) is 56.1 Å². The van der Waals surface area contributed by atoms with Crippen molar-refractivity contribution in [1.29, 1.82) is 0 Å². The van der Waals surface area contributed by atoms with Gasteiger partial charge in [-0.05, 0) is 68.2 Å². The van der Waals surface area contributed by atoms with E-state index < -0.39 is 23.2 Å². The van der Waals surface area contributed by atoms with E-state index in [1.54, 1.807) is 35.8 Å². The zero-order valence-electron chi connectivity index (χ0n) is 25.5. The van der Waals surface area contributed by atoms with Gasteiger partial charge in [-0.3, -0.25) is 14.8 Å². The summed E-state index contributed by atoms with van der Waals surface area (Å²) in [6.45, 7) is 20.1. The lowest BCUT2D eigenvalue weighted by Crippen LogP contribution is -2.56. The number of carbonyl (C=O) groups is 2. The van der Waals surface area contributed by atoms with Crippen LogP contribution >= 0.6 is 11.3 Å². The Labute approximate surface area is 248 Å². The number of hydrogen-bond donors (Lipinski definition) is 0. The normalized spacial score (nSPS) is 21.2. The highest BCUT2D eigenvalue weighted by Crippen LogP contribution is 2.55. The topological polar surface area (TPSA) is 85.3 Å². The number of carbonyl (C=O) groups excluding carboxylic acids is 2. The molecule has 0 aliphatic carbocycles. The van der Waals surface area contributed by atoms with Crippen LogP contribution in [0.2, 0.25) is 0 Å². The molecule has 3 atom stereocenters. The maximum Gasteiger partial charge on any atom is 0.332 e. The fraction of sp³-hybridized carbons (Fsp3) is 0.485. The molecule has 0 spiro atoms. The minimum atomic E-state index is -1.24. The third-order valence-corrected chi connectivity index (χ3v) is 8.26. The van der Waals surface area contributed by atoms with Gasteiger partial charge in [-0.1, -0.05) is 53.3 Å². The monoisotopic (exact) mass is 574 g/mol. The first-order chi connectivity index (χ1) is 19.2. The van der Waals surface area contributed by atoms with Gasteiger partial charge >= 0.3 is 5.97 Å². The Hall–Kier alpha value is -3.39. The molecule has 4 rings (SSSR count). The van der Waals surface area contributed by atoms with Crippen molar-refractivity contribution in [3.8, 4) is 0 Å². The first-order valence-corrected chi connectivity index (χ1v) is 15.1. The number of likely N-dealkylation sites (tertiary alicyclic amines) is 1. The Morgan fingerprint density at radius 1 is 1.15 bits per heavy atom. The number of thiazole rings is 1. The van der Waals surface area contributed by atoms with Crippen molar-refractivity contribution < 1.29 is 14.3 Å². The summed E-state index contributed by atoms with van der Waals surface area (Å²) in [6.07, 6.45) is 9.31. The highest BCUT2D eigenvalue weighted by atomic mass is 32.1. The molecule has 3 heterocycles. The van der Waals surface area contributed by atoms with Gasteiger partial charge in [0.15, 0.2) is 0 Å². The molecule has 0 bridgehead atoms. The Balaban J connectivity index is 1.98. The molecular formula is C33H42N4O3S. The minimum absolute atomic E-state index is 0.0994. The molecule has 0 N–H and O–H groups in total. The third-order valence-electron chi connectivity index (χ3n) is 7.42. The van der Waals surface area contributed by atoms with Crippen LogP contribution in [0.3, 0.4) is 0 Å². The molecule has 218 valence electrons. The van der Waals surface area contributed by atoms with Crippen LogP contribution in [0.5, 0.6) is 0 Å². The molecule has 1 aliphatic rings. The first kappa shape index (κ1) is 30.6. The quantitative estimate of drug-likeness (QED) is 0.274. The van der Waals surface area contributed by atoms with E-state index in [1.807, 2.05) is 44.4 Å². The Morgan fingerprint density at radius 2 is 1.88 bits per heavy atom. The van der Waals surface area contributed by atoms with Crippen molar-refractivity contribution in [3.63, 3.8) is 0 Å². The van der Waals surface area contributed by atoms with Gasteiger partial charge in [-0.2, -0.15) is 0 Å². The van der Waals surface area contributed by atoms with E-state index in [4.69, 9.17) is 4.74 Å². The fourth-order valence-corrected chi connectivity index (χ4v) is 6.75. The summed E-state index contributed by atoms with van der Waals surface area (Å²) in [7, 11) is 0. The molecule has 3 aromatic rings. The average molecular weight is 575 g/mol. The number of ether oxygens (including phenoxy) is 1. The molecule has 7 nitrogen and oxygen atoms in total. The number of hydrogen-bond acceptors (Lipinski definition) is 7.